The van der Waals surface area contributed by atoms with Crippen molar-refractivity contribution in [3.63, 3.8) is 0 Å². The van der Waals surface area contributed by atoms with Gasteiger partial charge >= 0.3 is 5.97 Å². The average Bonchev–Trinajstić information content (AvgIpc) is 1.89. The van der Waals surface area contributed by atoms with Gasteiger partial charge in [-0.15, -0.1) is 0 Å². The molecule has 0 aromatic rings. The molecule has 0 spiro atoms. The van der Waals surface area contributed by atoms with Gasteiger partial charge in [-0.2, -0.15) is 12.6 Å². The minimum absolute atomic E-state index is 0.235. The Balaban J connectivity index is 3.91. The van der Waals surface area contributed by atoms with Gasteiger partial charge in [0.1, 0.15) is 4.75 Å². The molecule has 0 aliphatic heterocycles. The lowest BCUT2D eigenvalue weighted by Gasteiger charge is -2.18. The van der Waals surface area contributed by atoms with E-state index in [0.29, 0.717) is 13.0 Å². The molecule has 0 aliphatic rings. The molecule has 2 nitrogen and oxygen atoms in total. The van der Waals surface area contributed by atoms with Crippen LogP contribution in [-0.4, -0.2) is 17.3 Å². The summed E-state index contributed by atoms with van der Waals surface area (Å²) in [6.07, 6.45) is 0.689. The van der Waals surface area contributed by atoms with Crippen LogP contribution in [0.2, 0.25) is 0 Å². The van der Waals surface area contributed by atoms with Crippen molar-refractivity contribution in [2.75, 3.05) is 6.61 Å². The highest BCUT2D eigenvalue weighted by Gasteiger charge is 2.27. The number of rotatable bonds is 3. The molecule has 0 bridgehead atoms. The molecule has 0 amide bonds. The number of hydrogen-bond acceptors (Lipinski definition) is 3. The highest BCUT2D eigenvalue weighted by molar-refractivity contribution is 7.82. The first-order valence-corrected chi connectivity index (χ1v) is 3.89. The highest BCUT2D eigenvalue weighted by atomic mass is 32.1. The summed E-state index contributed by atoms with van der Waals surface area (Å²) in [6.45, 7) is 5.88. The van der Waals surface area contributed by atoms with Crippen LogP contribution in [0.25, 0.3) is 0 Å². The topological polar surface area (TPSA) is 26.3 Å². The third kappa shape index (κ3) is 2.60. The van der Waals surface area contributed by atoms with Crippen LogP contribution in [0.5, 0.6) is 0 Å². The molecule has 3 heteroatoms. The molecule has 0 saturated heterocycles. The Morgan fingerprint density at radius 1 is 1.60 bits per heavy atom. The summed E-state index contributed by atoms with van der Waals surface area (Å²) < 4.78 is 4.17. The molecule has 0 N–H and O–H groups in total. The van der Waals surface area contributed by atoms with Crippen molar-refractivity contribution in [3.8, 4) is 0 Å². The first-order valence-electron chi connectivity index (χ1n) is 3.44. The molecule has 0 unspecified atom stereocenters. The maximum Gasteiger partial charge on any atom is 0.321 e. The van der Waals surface area contributed by atoms with E-state index >= 15 is 0 Å². The number of carbonyl (C=O) groups is 1. The quantitative estimate of drug-likeness (QED) is 0.504. The molecule has 0 aromatic heterocycles. The number of esters is 1. The molecule has 0 rings (SSSR count). The molecule has 0 fully saturated rings. The van der Waals surface area contributed by atoms with Crippen LogP contribution in [-0.2, 0) is 9.53 Å². The zero-order chi connectivity index (χ0) is 8.20. The monoisotopic (exact) mass is 162 g/mol. The Labute approximate surface area is 67.4 Å². The Morgan fingerprint density at radius 3 is 2.40 bits per heavy atom. The molecular formula is C7H14O2S. The van der Waals surface area contributed by atoms with Crippen LogP contribution in [0.4, 0.5) is 0 Å². The van der Waals surface area contributed by atoms with E-state index in [4.69, 9.17) is 4.74 Å². The smallest absolute Gasteiger partial charge is 0.321 e. The molecule has 0 aliphatic carbocycles. The number of ether oxygens (including phenoxy) is 1. The Morgan fingerprint density at radius 2 is 2.10 bits per heavy atom. The van der Waals surface area contributed by atoms with Crippen molar-refractivity contribution in [1.82, 2.24) is 0 Å². The number of hydrogen-bond donors (Lipinski definition) is 1. The number of thiol groups is 1. The maximum absolute atomic E-state index is 11.0. The third-order valence-electron chi connectivity index (χ3n) is 1.40. The van der Waals surface area contributed by atoms with Crippen LogP contribution < -0.4 is 0 Å². The summed E-state index contributed by atoms with van der Waals surface area (Å²) in [4.78, 5) is 11.0. The fourth-order valence-corrected chi connectivity index (χ4v) is 0.495. The van der Waals surface area contributed by atoms with Gasteiger partial charge in [0.05, 0.1) is 6.61 Å². The predicted molar refractivity (Wildman–Crippen MR) is 44.3 cm³/mol. The Bertz CT molecular complexity index is 121. The van der Waals surface area contributed by atoms with E-state index in [1.54, 1.807) is 13.8 Å². The average molecular weight is 162 g/mol. The van der Waals surface area contributed by atoms with Crippen molar-refractivity contribution >= 4 is 18.6 Å². The van der Waals surface area contributed by atoms with Crippen molar-refractivity contribution in [2.24, 2.45) is 0 Å². The second-order valence-corrected chi connectivity index (χ2v) is 3.33. The fraction of sp³-hybridized carbons (Fsp3) is 0.857. The second kappa shape index (κ2) is 3.86. The molecule has 0 saturated carbocycles. The first kappa shape index (κ1) is 9.82. The summed E-state index contributed by atoms with van der Waals surface area (Å²) in [5, 5.41) is 0. The molecule has 0 aromatic carbocycles. The van der Waals surface area contributed by atoms with Gasteiger partial charge in [-0.1, -0.05) is 6.92 Å². The summed E-state index contributed by atoms with van der Waals surface area (Å²) in [5.74, 6) is -0.235. The number of carbonyl (C=O) groups excluding carboxylic acids is 1. The van der Waals surface area contributed by atoms with Crippen LogP contribution in [0.1, 0.15) is 27.2 Å². The van der Waals surface area contributed by atoms with E-state index in [1.165, 1.54) is 0 Å². The summed E-state index contributed by atoms with van der Waals surface area (Å²) >= 11 is 4.14. The second-order valence-electron chi connectivity index (χ2n) is 2.35. The normalized spacial score (nSPS) is 16.0. The standard InChI is InChI=1S/C7H14O2S/c1-4-7(3,10)6(8)9-5-2/h10H,4-5H2,1-3H3/t7-/m1/s1. The van der Waals surface area contributed by atoms with Gasteiger partial charge in [-0.25, -0.2) is 0 Å². The molecule has 0 heterocycles. The molecule has 10 heavy (non-hydrogen) atoms. The lowest BCUT2D eigenvalue weighted by Crippen LogP contribution is -2.30. The van der Waals surface area contributed by atoms with Crippen LogP contribution in [0.3, 0.4) is 0 Å². The highest BCUT2D eigenvalue weighted by Crippen LogP contribution is 2.19. The third-order valence-corrected chi connectivity index (χ3v) is 1.90. The summed E-state index contributed by atoms with van der Waals surface area (Å²) in [7, 11) is 0. The van der Waals surface area contributed by atoms with Gasteiger partial charge in [-0.05, 0) is 20.3 Å². The molecule has 60 valence electrons. The fourth-order valence-electron chi connectivity index (χ4n) is 0.431. The van der Waals surface area contributed by atoms with Crippen molar-refractivity contribution < 1.29 is 9.53 Å². The first-order chi connectivity index (χ1) is 4.54. The van der Waals surface area contributed by atoms with Gasteiger partial charge in [-0.3, -0.25) is 4.79 Å². The van der Waals surface area contributed by atoms with Crippen LogP contribution in [0, 0.1) is 0 Å². The van der Waals surface area contributed by atoms with Crippen LogP contribution in [0.15, 0.2) is 0 Å². The lowest BCUT2D eigenvalue weighted by atomic mass is 10.1. The summed E-state index contributed by atoms with van der Waals surface area (Å²) in [5.41, 5.74) is 0. The van der Waals surface area contributed by atoms with E-state index in [2.05, 4.69) is 12.6 Å². The zero-order valence-electron chi connectivity index (χ0n) is 6.68. The van der Waals surface area contributed by atoms with E-state index < -0.39 is 4.75 Å². The zero-order valence-corrected chi connectivity index (χ0v) is 7.57. The van der Waals surface area contributed by atoms with Crippen molar-refractivity contribution in [2.45, 2.75) is 31.9 Å². The Kier molecular flexibility index (Phi) is 3.79. The largest absolute Gasteiger partial charge is 0.465 e. The van der Waals surface area contributed by atoms with Gasteiger partial charge < -0.3 is 4.74 Å². The summed E-state index contributed by atoms with van der Waals surface area (Å²) in [6, 6.07) is 0. The lowest BCUT2D eigenvalue weighted by molar-refractivity contribution is -0.145. The minimum Gasteiger partial charge on any atom is -0.465 e. The minimum atomic E-state index is -0.615. The molecule has 0 radical (unpaired) electrons. The van der Waals surface area contributed by atoms with Crippen LogP contribution >= 0.6 is 12.6 Å². The van der Waals surface area contributed by atoms with E-state index in [9.17, 15) is 4.79 Å². The van der Waals surface area contributed by atoms with Crippen molar-refractivity contribution in [3.05, 3.63) is 0 Å². The van der Waals surface area contributed by atoms with E-state index in [-0.39, 0.29) is 5.97 Å². The van der Waals surface area contributed by atoms with E-state index in [1.807, 2.05) is 6.92 Å². The van der Waals surface area contributed by atoms with Crippen molar-refractivity contribution in [1.29, 1.82) is 0 Å². The van der Waals surface area contributed by atoms with Gasteiger partial charge in [0.25, 0.3) is 0 Å². The molecule has 1 atom stereocenters. The van der Waals surface area contributed by atoms with E-state index in [0.717, 1.165) is 0 Å². The van der Waals surface area contributed by atoms with Gasteiger partial charge in [0.2, 0.25) is 0 Å². The molecular weight excluding hydrogens is 148 g/mol. The maximum atomic E-state index is 11.0. The van der Waals surface area contributed by atoms with Gasteiger partial charge in [0, 0.05) is 0 Å². The predicted octanol–water partition coefficient (Wildman–Crippen LogP) is 1.65. The SMILES string of the molecule is CCOC(=O)[C@](C)(S)CC. The van der Waals surface area contributed by atoms with Gasteiger partial charge in [0.15, 0.2) is 0 Å². The Hall–Kier alpha value is -0.180.